The normalized spacial score (nSPS) is 7.87. The van der Waals surface area contributed by atoms with Crippen LogP contribution in [-0.2, 0) is 0 Å². The second-order valence-corrected chi connectivity index (χ2v) is 2.50. The zero-order valence-corrected chi connectivity index (χ0v) is 7.62. The molecule has 0 aliphatic carbocycles. The number of benzene rings is 1. The average molecular weight is 195 g/mol. The molecule has 0 saturated heterocycles. The van der Waals surface area contributed by atoms with Gasteiger partial charge in [0.15, 0.2) is 0 Å². The average Bonchev–Trinajstić information content (AvgIpc) is 2.30. The Labute approximate surface area is 86.1 Å². The standard InChI is InChI=1S/C10H5N5/c11-6-9(7-12)10(14-15-13)8-4-2-1-3-5-8/h1-5H. The lowest BCUT2D eigenvalue weighted by Gasteiger charge is -1.98. The van der Waals surface area contributed by atoms with Crippen LogP contribution in [0.4, 0.5) is 0 Å². The molecule has 0 radical (unpaired) electrons. The molecule has 0 fully saturated rings. The monoisotopic (exact) mass is 195 g/mol. The van der Waals surface area contributed by atoms with Crippen molar-refractivity contribution in [3.8, 4) is 12.1 Å². The molecular weight excluding hydrogens is 190 g/mol. The molecule has 0 spiro atoms. The van der Waals surface area contributed by atoms with Gasteiger partial charge in [0, 0.05) is 4.91 Å². The summed E-state index contributed by atoms with van der Waals surface area (Å²) in [5.74, 6) is 0. The molecule has 0 N–H and O–H groups in total. The molecule has 1 aromatic rings. The van der Waals surface area contributed by atoms with Crippen LogP contribution in [0.15, 0.2) is 41.0 Å². The van der Waals surface area contributed by atoms with Crippen molar-refractivity contribution in [2.45, 2.75) is 0 Å². The first-order chi connectivity index (χ1) is 7.33. The van der Waals surface area contributed by atoms with Gasteiger partial charge in [-0.3, -0.25) is 0 Å². The quantitative estimate of drug-likeness (QED) is 0.314. The summed E-state index contributed by atoms with van der Waals surface area (Å²) in [6, 6.07) is 12.0. The van der Waals surface area contributed by atoms with Crippen molar-refractivity contribution in [1.82, 2.24) is 0 Å². The van der Waals surface area contributed by atoms with Gasteiger partial charge in [-0.25, -0.2) is 0 Å². The molecule has 0 amide bonds. The molecule has 5 heteroatoms. The molecule has 70 valence electrons. The van der Waals surface area contributed by atoms with Crippen LogP contribution in [-0.4, -0.2) is 0 Å². The van der Waals surface area contributed by atoms with Crippen LogP contribution in [0.1, 0.15) is 5.56 Å². The van der Waals surface area contributed by atoms with Crippen molar-refractivity contribution in [3.63, 3.8) is 0 Å². The van der Waals surface area contributed by atoms with Crippen molar-refractivity contribution >= 4 is 5.70 Å². The Morgan fingerprint density at radius 3 is 2.27 bits per heavy atom. The summed E-state index contributed by atoms with van der Waals surface area (Å²) in [5, 5.41) is 20.7. The van der Waals surface area contributed by atoms with Gasteiger partial charge in [0.05, 0.1) is 5.70 Å². The summed E-state index contributed by atoms with van der Waals surface area (Å²) in [5.41, 5.74) is 8.76. The molecule has 15 heavy (non-hydrogen) atoms. The van der Waals surface area contributed by atoms with E-state index in [-0.39, 0.29) is 11.3 Å². The number of hydrogen-bond donors (Lipinski definition) is 0. The van der Waals surface area contributed by atoms with E-state index < -0.39 is 0 Å². The third kappa shape index (κ3) is 2.35. The third-order valence-electron chi connectivity index (χ3n) is 1.65. The van der Waals surface area contributed by atoms with E-state index in [1.807, 2.05) is 0 Å². The first-order valence-electron chi connectivity index (χ1n) is 3.98. The van der Waals surface area contributed by atoms with E-state index in [2.05, 4.69) is 10.0 Å². The zero-order valence-electron chi connectivity index (χ0n) is 7.62. The van der Waals surface area contributed by atoms with Gasteiger partial charge in [0.1, 0.15) is 17.7 Å². The highest BCUT2D eigenvalue weighted by Crippen LogP contribution is 2.19. The van der Waals surface area contributed by atoms with E-state index in [1.165, 1.54) is 0 Å². The predicted octanol–water partition coefficient (Wildman–Crippen LogP) is 2.76. The Morgan fingerprint density at radius 2 is 1.80 bits per heavy atom. The number of hydrogen-bond acceptors (Lipinski definition) is 3. The molecule has 0 bridgehead atoms. The Balaban J connectivity index is 3.42. The molecule has 0 saturated carbocycles. The van der Waals surface area contributed by atoms with E-state index in [0.717, 1.165) is 0 Å². The third-order valence-corrected chi connectivity index (χ3v) is 1.65. The Kier molecular flexibility index (Phi) is 3.50. The molecular formula is C10H5N5. The van der Waals surface area contributed by atoms with Gasteiger partial charge in [0.25, 0.3) is 0 Å². The zero-order chi connectivity index (χ0) is 11.1. The summed E-state index contributed by atoms with van der Waals surface area (Å²) in [6.07, 6.45) is 0. The molecule has 1 aromatic carbocycles. The second kappa shape index (κ2) is 5.08. The van der Waals surface area contributed by atoms with Crippen LogP contribution in [0.3, 0.4) is 0 Å². The Hall–Kier alpha value is -2.75. The van der Waals surface area contributed by atoms with Crippen LogP contribution in [0.25, 0.3) is 16.1 Å². The van der Waals surface area contributed by atoms with E-state index in [1.54, 1.807) is 42.5 Å². The number of nitrogens with zero attached hydrogens (tertiary/aromatic N) is 5. The Morgan fingerprint density at radius 1 is 1.20 bits per heavy atom. The fraction of sp³-hybridized carbons (Fsp3) is 0. The van der Waals surface area contributed by atoms with Gasteiger partial charge in [-0.15, -0.1) is 0 Å². The fourth-order valence-electron chi connectivity index (χ4n) is 1.02. The highest BCUT2D eigenvalue weighted by molar-refractivity contribution is 5.74. The van der Waals surface area contributed by atoms with Gasteiger partial charge in [0.2, 0.25) is 0 Å². The summed E-state index contributed by atoms with van der Waals surface area (Å²) in [6.45, 7) is 0. The lowest BCUT2D eigenvalue weighted by atomic mass is 10.1. The second-order valence-electron chi connectivity index (χ2n) is 2.50. The van der Waals surface area contributed by atoms with Crippen molar-refractivity contribution in [2.24, 2.45) is 5.11 Å². The number of nitriles is 2. The topological polar surface area (TPSA) is 96.3 Å². The van der Waals surface area contributed by atoms with Crippen molar-refractivity contribution < 1.29 is 0 Å². The van der Waals surface area contributed by atoms with E-state index in [0.29, 0.717) is 5.56 Å². The first kappa shape index (κ1) is 10.3. The minimum Gasteiger partial charge on any atom is -0.192 e. The van der Waals surface area contributed by atoms with Gasteiger partial charge in [-0.1, -0.05) is 35.4 Å². The first-order valence-corrected chi connectivity index (χ1v) is 3.98. The Bertz CT molecular complexity index is 493. The van der Waals surface area contributed by atoms with Crippen molar-refractivity contribution in [1.29, 1.82) is 10.5 Å². The summed E-state index contributed by atoms with van der Waals surface area (Å²) >= 11 is 0. The maximum atomic E-state index is 8.67. The minimum absolute atomic E-state index is 0.0584. The number of rotatable bonds is 2. The van der Waals surface area contributed by atoms with Gasteiger partial charge in [-0.2, -0.15) is 10.5 Å². The van der Waals surface area contributed by atoms with E-state index in [4.69, 9.17) is 16.1 Å². The van der Waals surface area contributed by atoms with Crippen molar-refractivity contribution in [2.75, 3.05) is 0 Å². The van der Waals surface area contributed by atoms with E-state index >= 15 is 0 Å². The lowest BCUT2D eigenvalue weighted by Crippen LogP contribution is -1.84. The van der Waals surface area contributed by atoms with Crippen LogP contribution in [0.5, 0.6) is 0 Å². The van der Waals surface area contributed by atoms with Crippen molar-refractivity contribution in [3.05, 3.63) is 51.9 Å². The van der Waals surface area contributed by atoms with Gasteiger partial charge >= 0.3 is 0 Å². The molecule has 0 atom stereocenters. The molecule has 5 nitrogen and oxygen atoms in total. The summed E-state index contributed by atoms with van der Waals surface area (Å²) in [4.78, 5) is 2.59. The maximum Gasteiger partial charge on any atom is 0.139 e. The largest absolute Gasteiger partial charge is 0.192 e. The van der Waals surface area contributed by atoms with Gasteiger partial charge in [-0.05, 0) is 11.1 Å². The predicted molar refractivity (Wildman–Crippen MR) is 53.7 cm³/mol. The number of allylic oxidation sites excluding steroid dienone is 1. The van der Waals surface area contributed by atoms with E-state index in [9.17, 15) is 0 Å². The summed E-state index contributed by atoms with van der Waals surface area (Å²) in [7, 11) is 0. The van der Waals surface area contributed by atoms with Crippen LogP contribution in [0, 0.1) is 22.7 Å². The lowest BCUT2D eigenvalue weighted by molar-refractivity contribution is 1.40. The van der Waals surface area contributed by atoms with Crippen LogP contribution >= 0.6 is 0 Å². The smallest absolute Gasteiger partial charge is 0.139 e. The molecule has 0 aliphatic heterocycles. The molecule has 0 aromatic heterocycles. The summed E-state index contributed by atoms with van der Waals surface area (Å²) < 4.78 is 0. The number of azide groups is 1. The SMILES string of the molecule is N#CC(C#N)=C(N=[N+]=[N-])c1ccccc1. The highest BCUT2D eigenvalue weighted by atomic mass is 15.1. The van der Waals surface area contributed by atoms with Gasteiger partial charge < -0.3 is 0 Å². The highest BCUT2D eigenvalue weighted by Gasteiger charge is 2.06. The molecule has 0 heterocycles. The van der Waals surface area contributed by atoms with Crippen LogP contribution < -0.4 is 0 Å². The molecule has 0 unspecified atom stereocenters. The minimum atomic E-state index is -0.195. The molecule has 0 aliphatic rings. The molecule has 1 rings (SSSR count). The van der Waals surface area contributed by atoms with Crippen LogP contribution in [0.2, 0.25) is 0 Å². The maximum absolute atomic E-state index is 8.67. The fourth-order valence-corrected chi connectivity index (χ4v) is 1.02.